The van der Waals surface area contributed by atoms with Crippen LogP contribution in [0, 0.1) is 34.5 Å². The normalized spacial score (nSPS) is 46.0. The van der Waals surface area contributed by atoms with E-state index in [-0.39, 0.29) is 59.6 Å². The highest BCUT2D eigenvalue weighted by Gasteiger charge is 2.83. The van der Waals surface area contributed by atoms with Crippen molar-refractivity contribution in [1.29, 1.82) is 0 Å². The maximum Gasteiger partial charge on any atom is 0.306 e. The minimum Gasteiger partial charge on any atom is -0.457 e. The first kappa shape index (κ1) is 25.4. The number of allylic oxidation sites excluding steroid dienone is 2. The minimum atomic E-state index is -1.38. The summed E-state index contributed by atoms with van der Waals surface area (Å²) in [6, 6.07) is 0. The molecular formula is C29H38O7. The lowest BCUT2D eigenvalue weighted by Crippen LogP contribution is -2.64. The lowest BCUT2D eigenvalue weighted by Gasteiger charge is -2.57. The molecule has 0 bridgehead atoms. The van der Waals surface area contributed by atoms with Crippen molar-refractivity contribution in [3.05, 3.63) is 23.8 Å². The predicted octanol–water partition coefficient (Wildman–Crippen LogP) is 4.13. The summed E-state index contributed by atoms with van der Waals surface area (Å²) in [7, 11) is 0. The Labute approximate surface area is 213 Å². The van der Waals surface area contributed by atoms with Crippen LogP contribution in [0.3, 0.4) is 0 Å². The zero-order valence-electron chi connectivity index (χ0n) is 22.2. The van der Waals surface area contributed by atoms with Crippen LogP contribution in [0.15, 0.2) is 23.8 Å². The van der Waals surface area contributed by atoms with E-state index in [0.29, 0.717) is 12.8 Å². The molecule has 7 heteroatoms. The molecule has 0 aromatic carbocycles. The number of hydrogen-bond acceptors (Lipinski definition) is 7. The highest BCUT2D eigenvalue weighted by atomic mass is 16.6. The lowest BCUT2D eigenvalue weighted by molar-refractivity contribution is -0.195. The Bertz CT molecular complexity index is 1090. The molecule has 1 spiro atoms. The third-order valence-electron chi connectivity index (χ3n) is 10.4. The van der Waals surface area contributed by atoms with Crippen LogP contribution in [0.2, 0.25) is 0 Å². The predicted molar refractivity (Wildman–Crippen MR) is 131 cm³/mol. The van der Waals surface area contributed by atoms with Crippen LogP contribution in [-0.4, -0.2) is 47.4 Å². The van der Waals surface area contributed by atoms with Crippen molar-refractivity contribution in [2.75, 3.05) is 6.61 Å². The van der Waals surface area contributed by atoms with Gasteiger partial charge in [-0.3, -0.25) is 19.2 Å². The molecule has 1 aliphatic heterocycles. The molecular weight excluding hydrogens is 460 g/mol. The maximum atomic E-state index is 13.9. The monoisotopic (exact) mass is 498 g/mol. The number of fused-ring (bicyclic) bond motifs is 3. The van der Waals surface area contributed by atoms with Crippen LogP contribution in [-0.2, 0) is 33.4 Å². The molecule has 1 heterocycles. The van der Waals surface area contributed by atoms with Gasteiger partial charge in [0.15, 0.2) is 18.0 Å². The van der Waals surface area contributed by atoms with E-state index in [1.165, 1.54) is 0 Å². The van der Waals surface area contributed by atoms with E-state index >= 15 is 0 Å². The summed E-state index contributed by atoms with van der Waals surface area (Å²) < 4.78 is 18.1. The van der Waals surface area contributed by atoms with Gasteiger partial charge < -0.3 is 14.2 Å². The van der Waals surface area contributed by atoms with E-state index in [1.807, 2.05) is 13.0 Å². The first-order valence-electron chi connectivity index (χ1n) is 13.4. The third-order valence-corrected chi connectivity index (χ3v) is 10.4. The largest absolute Gasteiger partial charge is 0.457 e. The van der Waals surface area contributed by atoms with Gasteiger partial charge >= 0.3 is 11.9 Å². The number of hydrogen-bond donors (Lipinski definition) is 0. The van der Waals surface area contributed by atoms with Gasteiger partial charge in [-0.15, -0.1) is 0 Å². The summed E-state index contributed by atoms with van der Waals surface area (Å²) >= 11 is 0. The molecule has 3 saturated carbocycles. The molecule has 7 nitrogen and oxygen atoms in total. The molecule has 0 N–H and O–H groups in total. The number of esters is 2. The average molecular weight is 499 g/mol. The van der Waals surface area contributed by atoms with Crippen LogP contribution in [0.5, 0.6) is 0 Å². The van der Waals surface area contributed by atoms with Crippen LogP contribution in [0.1, 0.15) is 73.6 Å². The zero-order chi connectivity index (χ0) is 26.3. The van der Waals surface area contributed by atoms with Crippen molar-refractivity contribution in [3.63, 3.8) is 0 Å². The fourth-order valence-electron chi connectivity index (χ4n) is 8.83. The molecule has 0 aromatic rings. The average Bonchev–Trinajstić information content (AvgIpc) is 3.52. The molecule has 4 aliphatic carbocycles. The third kappa shape index (κ3) is 3.01. The van der Waals surface area contributed by atoms with Crippen LogP contribution in [0.4, 0.5) is 0 Å². The molecule has 0 amide bonds. The van der Waals surface area contributed by atoms with Crippen LogP contribution in [0.25, 0.3) is 0 Å². The first-order chi connectivity index (χ1) is 16.9. The van der Waals surface area contributed by atoms with Crippen molar-refractivity contribution in [2.45, 2.75) is 91.0 Å². The molecule has 0 aromatic heterocycles. The molecule has 36 heavy (non-hydrogen) atoms. The zero-order valence-corrected chi connectivity index (χ0v) is 22.2. The Morgan fingerprint density at radius 2 is 1.75 bits per heavy atom. The van der Waals surface area contributed by atoms with Gasteiger partial charge in [-0.05, 0) is 56.1 Å². The summed E-state index contributed by atoms with van der Waals surface area (Å²) in [5.41, 5.74) is -1.71. The number of rotatable bonds is 6. The Morgan fingerprint density at radius 1 is 1.06 bits per heavy atom. The highest BCUT2D eigenvalue weighted by molar-refractivity contribution is 6.01. The summed E-state index contributed by atoms with van der Waals surface area (Å²) in [5.74, 6) is -1.00. The van der Waals surface area contributed by atoms with Crippen molar-refractivity contribution in [1.82, 2.24) is 0 Å². The fourth-order valence-corrected chi connectivity index (χ4v) is 8.83. The number of Topliss-reactive ketones (excluding diaryl/α,β-unsaturated/α-hetero) is 1. The van der Waals surface area contributed by atoms with Gasteiger partial charge in [0, 0.05) is 29.6 Å². The van der Waals surface area contributed by atoms with Crippen molar-refractivity contribution in [2.24, 2.45) is 34.5 Å². The van der Waals surface area contributed by atoms with Crippen molar-refractivity contribution in [3.8, 4) is 0 Å². The van der Waals surface area contributed by atoms with Gasteiger partial charge in [0.25, 0.3) is 0 Å². The van der Waals surface area contributed by atoms with Crippen molar-refractivity contribution < 1.29 is 33.4 Å². The van der Waals surface area contributed by atoms with Crippen molar-refractivity contribution >= 4 is 23.5 Å². The molecule has 196 valence electrons. The van der Waals surface area contributed by atoms with E-state index in [9.17, 15) is 19.2 Å². The summed E-state index contributed by atoms with van der Waals surface area (Å²) in [5, 5.41) is 0. The SMILES string of the molecule is CCC(=O)OCC(=O)[C@@]1(OC(=O)CC)C(C)C[C@H]2[C@@H]3CC(C)C4=CC(=O)C=C[C@]4(C)[C@]34OC4C[C@@]21C. The molecule has 9 atom stereocenters. The maximum absolute atomic E-state index is 13.9. The van der Waals surface area contributed by atoms with Gasteiger partial charge in [-0.1, -0.05) is 46.3 Å². The molecule has 1 saturated heterocycles. The first-order valence-corrected chi connectivity index (χ1v) is 13.4. The number of carbonyl (C=O) groups excluding carboxylic acids is 4. The second kappa shape index (κ2) is 8.11. The van der Waals surface area contributed by atoms with E-state index in [1.54, 1.807) is 26.0 Å². The second-order valence-electron chi connectivity index (χ2n) is 12.0. The molecule has 5 rings (SSSR count). The Balaban J connectivity index is 1.57. The van der Waals surface area contributed by atoms with E-state index in [0.717, 1.165) is 12.0 Å². The Kier molecular flexibility index (Phi) is 5.71. The minimum absolute atomic E-state index is 0.0224. The topological polar surface area (TPSA) is 99.3 Å². The van der Waals surface area contributed by atoms with E-state index in [2.05, 4.69) is 20.8 Å². The van der Waals surface area contributed by atoms with Gasteiger partial charge in [-0.2, -0.15) is 0 Å². The van der Waals surface area contributed by atoms with Gasteiger partial charge in [-0.25, -0.2) is 0 Å². The van der Waals surface area contributed by atoms with Crippen LogP contribution < -0.4 is 0 Å². The Hall–Kier alpha value is -2.28. The fraction of sp³-hybridized carbons (Fsp3) is 0.724. The lowest BCUT2D eigenvalue weighted by atomic mass is 9.45. The molecule has 5 aliphatic rings. The second-order valence-corrected chi connectivity index (χ2v) is 12.0. The summed E-state index contributed by atoms with van der Waals surface area (Å²) in [6.07, 6.45) is 7.85. The molecule has 0 radical (unpaired) electrons. The summed E-state index contributed by atoms with van der Waals surface area (Å²) in [4.78, 5) is 50.8. The number of epoxide rings is 1. The molecule has 4 fully saturated rings. The quantitative estimate of drug-likeness (QED) is 0.401. The number of ketones is 2. The van der Waals surface area contributed by atoms with Gasteiger partial charge in [0.05, 0.1) is 6.10 Å². The van der Waals surface area contributed by atoms with Gasteiger partial charge in [0.1, 0.15) is 5.60 Å². The number of carbonyl (C=O) groups is 4. The van der Waals surface area contributed by atoms with Crippen LogP contribution >= 0.6 is 0 Å². The van der Waals surface area contributed by atoms with Gasteiger partial charge in [0.2, 0.25) is 5.78 Å². The molecule has 3 unspecified atom stereocenters. The highest BCUT2D eigenvalue weighted by Crippen LogP contribution is 2.77. The summed E-state index contributed by atoms with van der Waals surface area (Å²) in [6.45, 7) is 11.4. The van der Waals surface area contributed by atoms with E-state index in [4.69, 9.17) is 14.2 Å². The Morgan fingerprint density at radius 3 is 2.42 bits per heavy atom. The standard InChI is InChI=1S/C29H38O7/c1-7-24(32)34-15-22(31)28(36-25(33)8-2)17(4)12-20-21-11-16(3)19-13-18(30)9-10-26(19,5)29(21)23(35-29)14-27(20,28)6/h9-10,13,16-17,20-21,23H,7-8,11-12,14-15H2,1-6H3/t16?,17?,20-,21-,23?,26-,27-,28-,29-/m0/s1. The smallest absolute Gasteiger partial charge is 0.306 e. The number of ether oxygens (including phenoxy) is 3. The van der Waals surface area contributed by atoms with E-state index < -0.39 is 35.2 Å².